The fourth-order valence-electron chi connectivity index (χ4n) is 4.15. The highest BCUT2D eigenvalue weighted by Crippen LogP contribution is 2.27. The number of carbonyl (C=O) groups is 1. The van der Waals surface area contributed by atoms with Crippen molar-refractivity contribution in [3.8, 4) is 0 Å². The van der Waals surface area contributed by atoms with Crippen LogP contribution < -0.4 is 9.62 Å². The number of carbonyl (C=O) groups excluding carboxylic acids is 1. The van der Waals surface area contributed by atoms with Crippen molar-refractivity contribution in [1.29, 1.82) is 0 Å². The van der Waals surface area contributed by atoms with Gasteiger partial charge in [-0.15, -0.1) is 0 Å². The number of amides is 1. The Balaban J connectivity index is 1.20. The van der Waals surface area contributed by atoms with Crippen molar-refractivity contribution in [1.82, 2.24) is 9.88 Å². The summed E-state index contributed by atoms with van der Waals surface area (Å²) in [5.74, 6) is 0.0994. The number of anilines is 2. The van der Waals surface area contributed by atoms with E-state index in [1.54, 1.807) is 0 Å². The zero-order valence-corrected chi connectivity index (χ0v) is 19.2. The molecule has 1 aliphatic heterocycles. The Morgan fingerprint density at radius 2 is 1.64 bits per heavy atom. The van der Waals surface area contributed by atoms with Gasteiger partial charge in [0.05, 0.1) is 10.4 Å². The van der Waals surface area contributed by atoms with Gasteiger partial charge in [0.1, 0.15) is 0 Å². The van der Waals surface area contributed by atoms with E-state index in [-0.39, 0.29) is 5.91 Å². The number of hydrogen-bond donors (Lipinski definition) is 1. The highest BCUT2D eigenvalue weighted by atomic mass is 32.2. The molecule has 4 aromatic rings. The summed E-state index contributed by atoms with van der Waals surface area (Å²) < 4.78 is 3.38. The average molecular weight is 455 g/mol. The van der Waals surface area contributed by atoms with Crippen molar-refractivity contribution in [2.24, 2.45) is 0 Å². The fraction of sp³-hybridized carbons (Fsp3) is 0.185. The first kappa shape index (κ1) is 21.3. The summed E-state index contributed by atoms with van der Waals surface area (Å²) in [5.41, 5.74) is 3.89. The van der Waals surface area contributed by atoms with Gasteiger partial charge in [0.25, 0.3) is 5.91 Å². The Morgan fingerprint density at radius 3 is 2.48 bits per heavy atom. The standard InChI is InChI=1S/C27H26N4OS/c32-27(31-18-6-17-30(19-20-31)24-9-2-1-3-10-24)22-12-14-23(15-13-22)29-33-25-11-4-7-21-8-5-16-28-26(21)25/h1-5,7-16,29H,6,17-20H2. The summed E-state index contributed by atoms with van der Waals surface area (Å²) in [6.45, 7) is 3.34. The number of para-hydroxylation sites is 2. The third-order valence-electron chi connectivity index (χ3n) is 5.91. The molecule has 33 heavy (non-hydrogen) atoms. The molecule has 166 valence electrons. The predicted octanol–water partition coefficient (Wildman–Crippen LogP) is 5.71. The number of fused-ring (bicyclic) bond motifs is 1. The molecular formula is C27H26N4OS. The minimum atomic E-state index is 0.0994. The number of nitrogens with zero attached hydrogens (tertiary/aromatic N) is 3. The van der Waals surface area contributed by atoms with Crippen LogP contribution >= 0.6 is 11.9 Å². The number of hydrogen-bond acceptors (Lipinski definition) is 5. The van der Waals surface area contributed by atoms with E-state index in [0.29, 0.717) is 0 Å². The Labute approximate surface area is 198 Å². The molecule has 3 aromatic carbocycles. The molecule has 1 aliphatic rings. The Hall–Kier alpha value is -3.51. The molecule has 0 bridgehead atoms. The topological polar surface area (TPSA) is 48.5 Å². The minimum absolute atomic E-state index is 0.0994. The van der Waals surface area contributed by atoms with Crippen molar-refractivity contribution < 1.29 is 4.79 Å². The maximum atomic E-state index is 13.1. The molecule has 5 rings (SSSR count). The van der Waals surface area contributed by atoms with Crippen LogP contribution in [-0.4, -0.2) is 42.0 Å². The summed E-state index contributed by atoms with van der Waals surface area (Å²) >= 11 is 1.53. The second kappa shape index (κ2) is 9.96. The molecule has 1 N–H and O–H groups in total. The van der Waals surface area contributed by atoms with Gasteiger partial charge in [-0.1, -0.05) is 36.4 Å². The fourth-order valence-corrected chi connectivity index (χ4v) is 4.93. The molecule has 0 aliphatic carbocycles. The van der Waals surface area contributed by atoms with E-state index >= 15 is 0 Å². The van der Waals surface area contributed by atoms with Gasteiger partial charge >= 0.3 is 0 Å². The van der Waals surface area contributed by atoms with Crippen molar-refractivity contribution >= 4 is 40.1 Å². The Kier molecular flexibility index (Phi) is 6.44. The predicted molar refractivity (Wildman–Crippen MR) is 137 cm³/mol. The maximum absolute atomic E-state index is 13.1. The van der Waals surface area contributed by atoms with Crippen LogP contribution in [0.4, 0.5) is 11.4 Å². The Morgan fingerprint density at radius 1 is 0.818 bits per heavy atom. The van der Waals surface area contributed by atoms with Gasteiger partial charge in [-0.25, -0.2) is 0 Å². The van der Waals surface area contributed by atoms with Gasteiger partial charge in [-0.3, -0.25) is 9.78 Å². The van der Waals surface area contributed by atoms with Gasteiger partial charge < -0.3 is 14.5 Å². The zero-order chi connectivity index (χ0) is 22.5. The van der Waals surface area contributed by atoms with E-state index in [1.165, 1.54) is 17.6 Å². The molecule has 0 spiro atoms. The van der Waals surface area contributed by atoms with Crippen molar-refractivity contribution in [3.63, 3.8) is 0 Å². The molecular weight excluding hydrogens is 428 g/mol. The number of aromatic nitrogens is 1. The first-order valence-corrected chi connectivity index (χ1v) is 12.1. The van der Waals surface area contributed by atoms with Crippen molar-refractivity contribution in [3.05, 3.63) is 96.7 Å². The lowest BCUT2D eigenvalue weighted by Gasteiger charge is -2.23. The number of benzene rings is 3. The van der Waals surface area contributed by atoms with Crippen LogP contribution in [-0.2, 0) is 0 Å². The quantitative estimate of drug-likeness (QED) is 0.392. The molecule has 2 heterocycles. The Bertz CT molecular complexity index is 1220. The normalized spacial score (nSPS) is 14.2. The molecule has 6 heteroatoms. The monoisotopic (exact) mass is 454 g/mol. The lowest BCUT2D eigenvalue weighted by Crippen LogP contribution is -2.35. The van der Waals surface area contributed by atoms with E-state index in [0.717, 1.165) is 59.6 Å². The van der Waals surface area contributed by atoms with Gasteiger partial charge in [0.2, 0.25) is 0 Å². The van der Waals surface area contributed by atoms with Gasteiger partial charge in [0.15, 0.2) is 0 Å². The number of pyridine rings is 1. The van der Waals surface area contributed by atoms with Crippen molar-refractivity contribution in [2.75, 3.05) is 35.8 Å². The summed E-state index contributed by atoms with van der Waals surface area (Å²) in [5, 5.41) is 1.12. The molecule has 1 amide bonds. The minimum Gasteiger partial charge on any atom is -0.370 e. The molecule has 5 nitrogen and oxygen atoms in total. The molecule has 0 saturated carbocycles. The second-order valence-electron chi connectivity index (χ2n) is 8.08. The average Bonchev–Trinajstić information content (AvgIpc) is 3.14. The van der Waals surface area contributed by atoms with Crippen molar-refractivity contribution in [2.45, 2.75) is 11.3 Å². The summed E-state index contributed by atoms with van der Waals surface area (Å²) in [6.07, 6.45) is 2.78. The van der Waals surface area contributed by atoms with Gasteiger partial charge in [0, 0.05) is 54.7 Å². The first-order valence-electron chi connectivity index (χ1n) is 11.2. The van der Waals surface area contributed by atoms with Crippen LogP contribution in [0.15, 0.2) is 96.0 Å². The molecule has 1 aromatic heterocycles. The van der Waals surface area contributed by atoms with Gasteiger partial charge in [-0.05, 0) is 66.9 Å². The lowest BCUT2D eigenvalue weighted by molar-refractivity contribution is 0.0767. The third-order valence-corrected chi connectivity index (χ3v) is 6.80. The molecule has 0 atom stereocenters. The van der Waals surface area contributed by atoms with E-state index in [1.807, 2.05) is 53.6 Å². The molecule has 1 saturated heterocycles. The van der Waals surface area contributed by atoms with Crippen LogP contribution in [0.5, 0.6) is 0 Å². The second-order valence-corrected chi connectivity index (χ2v) is 8.93. The van der Waals surface area contributed by atoms with E-state index in [9.17, 15) is 4.79 Å². The largest absolute Gasteiger partial charge is 0.370 e. The van der Waals surface area contributed by atoms with Crippen LogP contribution in [0.2, 0.25) is 0 Å². The first-order chi connectivity index (χ1) is 16.3. The van der Waals surface area contributed by atoms with Crippen LogP contribution in [0.25, 0.3) is 10.9 Å². The molecule has 1 fully saturated rings. The number of rotatable bonds is 5. The highest BCUT2D eigenvalue weighted by Gasteiger charge is 2.20. The third kappa shape index (κ3) is 4.96. The summed E-state index contributed by atoms with van der Waals surface area (Å²) in [7, 11) is 0. The van der Waals surface area contributed by atoms with E-state index in [2.05, 4.69) is 57.1 Å². The number of nitrogens with one attached hydrogen (secondary N) is 1. The van der Waals surface area contributed by atoms with Crippen LogP contribution in [0, 0.1) is 0 Å². The SMILES string of the molecule is O=C(c1ccc(NSc2cccc3cccnc23)cc1)N1CCCN(c2ccccc2)CC1. The maximum Gasteiger partial charge on any atom is 0.253 e. The highest BCUT2D eigenvalue weighted by molar-refractivity contribution is 8.00. The zero-order valence-electron chi connectivity index (χ0n) is 18.4. The van der Waals surface area contributed by atoms with Gasteiger partial charge in [-0.2, -0.15) is 0 Å². The molecule has 0 radical (unpaired) electrons. The van der Waals surface area contributed by atoms with Crippen LogP contribution in [0.3, 0.4) is 0 Å². The van der Waals surface area contributed by atoms with E-state index < -0.39 is 0 Å². The molecule has 0 unspecified atom stereocenters. The van der Waals surface area contributed by atoms with Crippen LogP contribution in [0.1, 0.15) is 16.8 Å². The summed E-state index contributed by atoms with van der Waals surface area (Å²) in [4.78, 5) is 23.0. The van der Waals surface area contributed by atoms with E-state index in [4.69, 9.17) is 0 Å². The summed E-state index contributed by atoms with van der Waals surface area (Å²) in [6, 6.07) is 28.4. The smallest absolute Gasteiger partial charge is 0.253 e. The lowest BCUT2D eigenvalue weighted by atomic mass is 10.2.